The number of alkyl halides is 1. The molecule has 0 aliphatic rings. The van der Waals surface area contributed by atoms with Crippen LogP contribution in [0.15, 0.2) is 42.5 Å². The van der Waals surface area contributed by atoms with Gasteiger partial charge in [-0.1, -0.05) is 25.1 Å². The van der Waals surface area contributed by atoms with Gasteiger partial charge in [0.25, 0.3) is 0 Å². The third-order valence-corrected chi connectivity index (χ3v) is 3.59. The molecule has 2 rings (SSSR count). The average Bonchev–Trinajstić information content (AvgIpc) is 2.59. The van der Waals surface area contributed by atoms with Gasteiger partial charge in [0.1, 0.15) is 18.5 Å². The van der Waals surface area contributed by atoms with Gasteiger partial charge in [0.15, 0.2) is 0 Å². The summed E-state index contributed by atoms with van der Waals surface area (Å²) in [6.45, 7) is 1.66. The first-order valence-electron chi connectivity index (χ1n) is 7.54. The average molecular weight is 330 g/mol. The number of ether oxygens (including phenoxy) is 1. The number of hydrogen-bond acceptors (Lipinski definition) is 3. The number of carbonyl (C=O) groups is 2. The fourth-order valence-electron chi connectivity index (χ4n) is 2.32. The molecule has 2 aromatic carbocycles. The summed E-state index contributed by atoms with van der Waals surface area (Å²) in [5.74, 6) is -0.915. The zero-order chi connectivity index (χ0) is 17.7. The molecular weight excluding hydrogens is 311 g/mol. The SMILES string of the molecule is CCC(F)COc1cccc(-c2c(C(N)=O)cccc2C(N)=O)c1. The van der Waals surface area contributed by atoms with Crippen molar-refractivity contribution < 1.29 is 18.7 Å². The van der Waals surface area contributed by atoms with Gasteiger partial charge in [-0.15, -0.1) is 0 Å². The van der Waals surface area contributed by atoms with Crippen LogP contribution >= 0.6 is 0 Å². The van der Waals surface area contributed by atoms with Crippen molar-refractivity contribution in [1.29, 1.82) is 0 Å². The van der Waals surface area contributed by atoms with Crippen LogP contribution in [0.5, 0.6) is 5.75 Å². The normalized spacial score (nSPS) is 11.8. The maximum absolute atomic E-state index is 13.3. The minimum absolute atomic E-state index is 0.0693. The molecule has 5 nitrogen and oxygen atoms in total. The van der Waals surface area contributed by atoms with E-state index in [-0.39, 0.29) is 17.7 Å². The second-order valence-electron chi connectivity index (χ2n) is 5.30. The first-order chi connectivity index (χ1) is 11.4. The molecule has 1 unspecified atom stereocenters. The van der Waals surface area contributed by atoms with Crippen LogP contribution in [-0.2, 0) is 0 Å². The highest BCUT2D eigenvalue weighted by Crippen LogP contribution is 2.30. The van der Waals surface area contributed by atoms with Crippen LogP contribution in [0.3, 0.4) is 0 Å². The topological polar surface area (TPSA) is 95.4 Å². The molecule has 0 saturated carbocycles. The van der Waals surface area contributed by atoms with Gasteiger partial charge in [-0.05, 0) is 36.2 Å². The van der Waals surface area contributed by atoms with Crippen molar-refractivity contribution in [3.8, 4) is 16.9 Å². The van der Waals surface area contributed by atoms with Gasteiger partial charge in [0.2, 0.25) is 11.8 Å². The summed E-state index contributed by atoms with van der Waals surface area (Å²) >= 11 is 0. The van der Waals surface area contributed by atoms with E-state index < -0.39 is 18.0 Å². The summed E-state index contributed by atoms with van der Waals surface area (Å²) in [5.41, 5.74) is 12.1. The van der Waals surface area contributed by atoms with Crippen LogP contribution in [0.4, 0.5) is 4.39 Å². The number of primary amides is 2. The lowest BCUT2D eigenvalue weighted by Gasteiger charge is -2.13. The quantitative estimate of drug-likeness (QED) is 0.817. The summed E-state index contributed by atoms with van der Waals surface area (Å²) in [5, 5.41) is 0. The van der Waals surface area contributed by atoms with Crippen molar-refractivity contribution in [2.45, 2.75) is 19.5 Å². The Kier molecular flexibility index (Phi) is 5.52. The minimum Gasteiger partial charge on any atom is -0.491 e. The van der Waals surface area contributed by atoms with Crippen LogP contribution in [0, 0.1) is 0 Å². The lowest BCUT2D eigenvalue weighted by atomic mass is 9.93. The van der Waals surface area contributed by atoms with Crippen molar-refractivity contribution in [1.82, 2.24) is 0 Å². The van der Waals surface area contributed by atoms with Crippen LogP contribution in [0.2, 0.25) is 0 Å². The van der Waals surface area contributed by atoms with Gasteiger partial charge in [-0.25, -0.2) is 4.39 Å². The lowest BCUT2D eigenvalue weighted by molar-refractivity contribution is 0.0999. The Balaban J connectivity index is 2.48. The standard InChI is InChI=1S/C18H19FN2O3/c1-2-12(19)10-24-13-6-3-5-11(9-13)16-14(17(20)22)7-4-8-15(16)18(21)23/h3-9,12H,2,10H2,1H3,(H2,20,22)(H2,21,23). The summed E-state index contributed by atoms with van der Waals surface area (Å²) in [7, 11) is 0. The molecule has 4 N–H and O–H groups in total. The lowest BCUT2D eigenvalue weighted by Crippen LogP contribution is -2.18. The van der Waals surface area contributed by atoms with E-state index in [9.17, 15) is 14.0 Å². The molecular formula is C18H19FN2O3. The number of benzene rings is 2. The number of halogens is 1. The molecule has 126 valence electrons. The predicted molar refractivity (Wildman–Crippen MR) is 89.6 cm³/mol. The van der Waals surface area contributed by atoms with Crippen LogP contribution in [0.1, 0.15) is 34.1 Å². The maximum Gasteiger partial charge on any atom is 0.249 e. The summed E-state index contributed by atoms with van der Waals surface area (Å²) in [6.07, 6.45) is -0.705. The minimum atomic E-state index is -1.06. The molecule has 0 aromatic heterocycles. The smallest absolute Gasteiger partial charge is 0.249 e. The highest BCUT2D eigenvalue weighted by Gasteiger charge is 2.18. The van der Waals surface area contributed by atoms with Crippen molar-refractivity contribution >= 4 is 11.8 Å². The third-order valence-electron chi connectivity index (χ3n) is 3.59. The summed E-state index contributed by atoms with van der Waals surface area (Å²) in [6, 6.07) is 11.3. The van der Waals surface area contributed by atoms with Gasteiger partial charge >= 0.3 is 0 Å². The molecule has 0 aliphatic heterocycles. The monoisotopic (exact) mass is 330 g/mol. The molecule has 0 bridgehead atoms. The number of rotatable bonds is 7. The Bertz CT molecular complexity index is 729. The fraction of sp³-hybridized carbons (Fsp3) is 0.222. The van der Waals surface area contributed by atoms with Crippen LogP contribution in [-0.4, -0.2) is 24.6 Å². The van der Waals surface area contributed by atoms with Gasteiger partial charge in [0.05, 0.1) is 0 Å². The Hall–Kier alpha value is -2.89. The first kappa shape index (κ1) is 17.5. The van der Waals surface area contributed by atoms with Crippen molar-refractivity contribution in [3.05, 3.63) is 53.6 Å². The number of hydrogen-bond donors (Lipinski definition) is 2. The second-order valence-corrected chi connectivity index (χ2v) is 5.30. The van der Waals surface area contributed by atoms with Gasteiger partial charge < -0.3 is 16.2 Å². The van der Waals surface area contributed by atoms with E-state index in [1.807, 2.05) is 0 Å². The predicted octanol–water partition coefficient (Wildman–Crippen LogP) is 2.68. The van der Waals surface area contributed by atoms with Crippen LogP contribution in [0.25, 0.3) is 11.1 Å². The molecule has 0 saturated heterocycles. The van der Waals surface area contributed by atoms with E-state index in [1.165, 1.54) is 12.1 Å². The molecule has 0 spiro atoms. The molecule has 0 aliphatic carbocycles. The van der Waals surface area contributed by atoms with E-state index in [0.717, 1.165) is 0 Å². The molecule has 24 heavy (non-hydrogen) atoms. The Morgan fingerprint density at radius 1 is 1.08 bits per heavy atom. The van der Waals surface area contributed by atoms with E-state index in [1.54, 1.807) is 37.3 Å². The Labute approximate surface area is 139 Å². The first-order valence-corrected chi connectivity index (χ1v) is 7.54. The summed E-state index contributed by atoms with van der Waals surface area (Å²) < 4.78 is 18.7. The molecule has 0 heterocycles. The largest absolute Gasteiger partial charge is 0.491 e. The van der Waals surface area contributed by atoms with Gasteiger partial charge in [-0.2, -0.15) is 0 Å². The van der Waals surface area contributed by atoms with Crippen molar-refractivity contribution in [2.24, 2.45) is 11.5 Å². The molecule has 2 amide bonds. The zero-order valence-corrected chi connectivity index (χ0v) is 13.3. The Morgan fingerprint density at radius 2 is 1.67 bits per heavy atom. The molecule has 1 atom stereocenters. The highest BCUT2D eigenvalue weighted by molar-refractivity contribution is 6.08. The van der Waals surface area contributed by atoms with E-state index >= 15 is 0 Å². The van der Waals surface area contributed by atoms with Gasteiger partial charge in [-0.3, -0.25) is 9.59 Å². The molecule has 6 heteroatoms. The van der Waals surface area contributed by atoms with Gasteiger partial charge in [0, 0.05) is 16.7 Å². The number of carbonyl (C=O) groups excluding carboxylic acids is 2. The van der Waals surface area contributed by atoms with Crippen molar-refractivity contribution in [3.63, 3.8) is 0 Å². The number of amides is 2. The fourth-order valence-corrected chi connectivity index (χ4v) is 2.32. The highest BCUT2D eigenvalue weighted by atomic mass is 19.1. The van der Waals surface area contributed by atoms with E-state index in [0.29, 0.717) is 23.3 Å². The second kappa shape index (κ2) is 7.59. The molecule has 0 fully saturated rings. The maximum atomic E-state index is 13.3. The molecule has 0 radical (unpaired) electrons. The summed E-state index contributed by atoms with van der Waals surface area (Å²) in [4.78, 5) is 23.4. The van der Waals surface area contributed by atoms with Crippen LogP contribution < -0.4 is 16.2 Å². The Morgan fingerprint density at radius 3 is 2.21 bits per heavy atom. The zero-order valence-electron chi connectivity index (χ0n) is 13.3. The third kappa shape index (κ3) is 3.90. The number of nitrogens with two attached hydrogens (primary N) is 2. The van der Waals surface area contributed by atoms with E-state index in [4.69, 9.17) is 16.2 Å². The van der Waals surface area contributed by atoms with E-state index in [2.05, 4.69) is 0 Å². The molecule has 2 aromatic rings. The van der Waals surface area contributed by atoms with Crippen molar-refractivity contribution in [2.75, 3.05) is 6.61 Å².